The van der Waals surface area contributed by atoms with Crippen LogP contribution >= 0.6 is 0 Å². The van der Waals surface area contributed by atoms with Gasteiger partial charge in [-0.2, -0.15) is 0 Å². The lowest BCUT2D eigenvalue weighted by Crippen LogP contribution is -2.56. The predicted octanol–water partition coefficient (Wildman–Crippen LogP) is 2.08. The summed E-state index contributed by atoms with van der Waals surface area (Å²) in [5.74, 6) is 0.0673. The molecule has 104 valence electrons. The summed E-state index contributed by atoms with van der Waals surface area (Å²) in [4.78, 5) is 26.3. The average molecular weight is 254 g/mol. The van der Waals surface area contributed by atoms with Crippen LogP contribution in [0.3, 0.4) is 0 Å². The highest BCUT2D eigenvalue weighted by Gasteiger charge is 2.40. The Bertz CT molecular complexity index is 317. The third-order valence-electron chi connectivity index (χ3n) is 3.97. The molecule has 0 saturated carbocycles. The highest BCUT2D eigenvalue weighted by molar-refractivity contribution is 5.93. The first-order chi connectivity index (χ1) is 8.48. The molecule has 4 heteroatoms. The average Bonchev–Trinajstić information content (AvgIpc) is 2.46. The van der Waals surface area contributed by atoms with Gasteiger partial charge in [-0.05, 0) is 26.2 Å². The Morgan fingerprint density at radius 2 is 2.00 bits per heavy atom. The minimum atomic E-state index is -0.727. The Balaban J connectivity index is 2.96. The van der Waals surface area contributed by atoms with Gasteiger partial charge in [-0.25, -0.2) is 0 Å². The van der Waals surface area contributed by atoms with Gasteiger partial charge in [-0.15, -0.1) is 0 Å². The molecule has 18 heavy (non-hydrogen) atoms. The molecule has 0 aliphatic carbocycles. The van der Waals surface area contributed by atoms with E-state index >= 15 is 0 Å². The van der Waals surface area contributed by atoms with Crippen molar-refractivity contribution in [2.24, 2.45) is 0 Å². The molecule has 0 bridgehead atoms. The third-order valence-corrected chi connectivity index (χ3v) is 3.97. The van der Waals surface area contributed by atoms with E-state index in [1.54, 1.807) is 0 Å². The Labute approximate surface area is 110 Å². The van der Waals surface area contributed by atoms with Gasteiger partial charge in [0.15, 0.2) is 0 Å². The van der Waals surface area contributed by atoms with Crippen LogP contribution in [-0.4, -0.2) is 34.8 Å². The van der Waals surface area contributed by atoms with E-state index in [9.17, 15) is 9.59 Å². The lowest BCUT2D eigenvalue weighted by molar-refractivity contribution is -0.140. The van der Waals surface area contributed by atoms with E-state index in [0.717, 1.165) is 19.3 Å². The van der Waals surface area contributed by atoms with Gasteiger partial charge >= 0.3 is 0 Å². The Morgan fingerprint density at radius 3 is 2.50 bits per heavy atom. The van der Waals surface area contributed by atoms with Crippen LogP contribution in [-0.2, 0) is 9.59 Å². The summed E-state index contributed by atoms with van der Waals surface area (Å²) in [6, 6.07) is 0.265. The fraction of sp³-hybridized carbons (Fsp3) is 0.857. The molecule has 2 unspecified atom stereocenters. The van der Waals surface area contributed by atoms with Gasteiger partial charge in [0.2, 0.25) is 11.8 Å². The monoisotopic (exact) mass is 254 g/mol. The number of nitrogens with one attached hydrogen (secondary N) is 1. The third kappa shape index (κ3) is 3.03. The van der Waals surface area contributed by atoms with Gasteiger partial charge in [-0.1, -0.05) is 27.2 Å². The van der Waals surface area contributed by atoms with Crippen molar-refractivity contribution in [3.8, 4) is 0 Å². The second kappa shape index (κ2) is 6.21. The van der Waals surface area contributed by atoms with E-state index in [0.29, 0.717) is 19.4 Å². The Morgan fingerprint density at radius 1 is 1.33 bits per heavy atom. The molecule has 0 aromatic rings. The molecule has 0 aromatic heterocycles. The topological polar surface area (TPSA) is 49.4 Å². The maximum Gasteiger partial charge on any atom is 0.248 e. The van der Waals surface area contributed by atoms with Crippen LogP contribution in [0.2, 0.25) is 0 Å². The molecule has 0 aromatic carbocycles. The summed E-state index contributed by atoms with van der Waals surface area (Å²) in [6.45, 7) is 8.58. The minimum absolute atomic E-state index is 0.0125. The molecule has 4 nitrogen and oxygen atoms in total. The first-order valence-electron chi connectivity index (χ1n) is 7.10. The second-order valence-electron chi connectivity index (χ2n) is 5.33. The van der Waals surface area contributed by atoms with Crippen molar-refractivity contribution in [1.29, 1.82) is 0 Å². The van der Waals surface area contributed by atoms with E-state index in [-0.39, 0.29) is 17.9 Å². The molecule has 1 aliphatic rings. The smallest absolute Gasteiger partial charge is 0.248 e. The summed E-state index contributed by atoms with van der Waals surface area (Å²) in [5.41, 5.74) is -0.727. The number of hydrogen-bond acceptors (Lipinski definition) is 2. The van der Waals surface area contributed by atoms with Crippen LogP contribution in [0.15, 0.2) is 0 Å². The van der Waals surface area contributed by atoms with Crippen molar-refractivity contribution >= 4 is 11.8 Å². The summed E-state index contributed by atoms with van der Waals surface area (Å²) < 4.78 is 0. The van der Waals surface area contributed by atoms with Gasteiger partial charge in [0, 0.05) is 19.0 Å². The van der Waals surface area contributed by atoms with Gasteiger partial charge in [0.25, 0.3) is 0 Å². The second-order valence-corrected chi connectivity index (χ2v) is 5.33. The maximum atomic E-state index is 12.6. The van der Waals surface area contributed by atoms with Crippen molar-refractivity contribution in [2.45, 2.75) is 71.4 Å². The van der Waals surface area contributed by atoms with Crippen LogP contribution in [0.25, 0.3) is 0 Å². The quantitative estimate of drug-likeness (QED) is 0.816. The van der Waals surface area contributed by atoms with Gasteiger partial charge in [0.05, 0.1) is 0 Å². The molecular weight excluding hydrogens is 228 g/mol. The molecule has 0 spiro atoms. The van der Waals surface area contributed by atoms with Crippen molar-refractivity contribution in [1.82, 2.24) is 10.2 Å². The molecule has 2 atom stereocenters. The standard InChI is InChI=1S/C14H26N2O2/c1-5-8-11(6-2)16-10-9-12(17)15-14(4,7-3)13(16)18/h11H,5-10H2,1-4H3,(H,15,17). The van der Waals surface area contributed by atoms with E-state index in [4.69, 9.17) is 0 Å². The molecule has 0 radical (unpaired) electrons. The van der Waals surface area contributed by atoms with Crippen LogP contribution in [0.4, 0.5) is 0 Å². The molecule has 1 fully saturated rings. The number of nitrogens with zero attached hydrogens (tertiary/aromatic N) is 1. The number of hydrogen-bond donors (Lipinski definition) is 1. The number of carbonyl (C=O) groups excluding carboxylic acids is 2. The Hall–Kier alpha value is -1.06. The zero-order chi connectivity index (χ0) is 13.8. The first-order valence-corrected chi connectivity index (χ1v) is 7.10. The fourth-order valence-electron chi connectivity index (χ4n) is 2.57. The molecule has 1 N–H and O–H groups in total. The molecule has 1 saturated heterocycles. The number of rotatable bonds is 5. The minimum Gasteiger partial charge on any atom is -0.342 e. The van der Waals surface area contributed by atoms with Crippen molar-refractivity contribution < 1.29 is 9.59 Å². The van der Waals surface area contributed by atoms with E-state index in [1.807, 2.05) is 18.7 Å². The molecule has 1 rings (SSSR count). The SMILES string of the molecule is CCCC(CC)N1CCC(=O)NC(C)(CC)C1=O. The van der Waals surface area contributed by atoms with Gasteiger partial charge in [-0.3, -0.25) is 9.59 Å². The summed E-state index contributed by atoms with van der Waals surface area (Å²) in [7, 11) is 0. The number of amides is 2. The van der Waals surface area contributed by atoms with E-state index < -0.39 is 5.54 Å². The lowest BCUT2D eigenvalue weighted by atomic mass is 9.95. The first kappa shape index (κ1) is 15.0. The number of carbonyl (C=O) groups is 2. The Kier molecular flexibility index (Phi) is 5.17. The molecule has 2 amide bonds. The van der Waals surface area contributed by atoms with Gasteiger partial charge in [0.1, 0.15) is 5.54 Å². The summed E-state index contributed by atoms with van der Waals surface area (Å²) >= 11 is 0. The molecule has 1 heterocycles. The fourth-order valence-corrected chi connectivity index (χ4v) is 2.57. The van der Waals surface area contributed by atoms with Crippen LogP contribution in [0.1, 0.15) is 59.8 Å². The normalized spacial score (nSPS) is 26.8. The lowest BCUT2D eigenvalue weighted by Gasteiger charge is -2.36. The molecule has 1 aliphatic heterocycles. The largest absolute Gasteiger partial charge is 0.342 e. The summed E-state index contributed by atoms with van der Waals surface area (Å²) in [6.07, 6.45) is 4.08. The van der Waals surface area contributed by atoms with Crippen molar-refractivity contribution in [3.63, 3.8) is 0 Å². The van der Waals surface area contributed by atoms with Crippen LogP contribution in [0.5, 0.6) is 0 Å². The van der Waals surface area contributed by atoms with E-state index in [1.165, 1.54) is 0 Å². The zero-order valence-corrected chi connectivity index (χ0v) is 12.1. The zero-order valence-electron chi connectivity index (χ0n) is 12.1. The maximum absolute atomic E-state index is 12.6. The highest BCUT2D eigenvalue weighted by Crippen LogP contribution is 2.22. The van der Waals surface area contributed by atoms with Crippen molar-refractivity contribution in [2.75, 3.05) is 6.54 Å². The van der Waals surface area contributed by atoms with E-state index in [2.05, 4.69) is 19.2 Å². The highest BCUT2D eigenvalue weighted by atomic mass is 16.2. The van der Waals surface area contributed by atoms with Crippen LogP contribution < -0.4 is 5.32 Å². The summed E-state index contributed by atoms with van der Waals surface area (Å²) in [5, 5.41) is 2.88. The predicted molar refractivity (Wildman–Crippen MR) is 72.2 cm³/mol. The molecular formula is C14H26N2O2. The van der Waals surface area contributed by atoms with Gasteiger partial charge < -0.3 is 10.2 Å². The van der Waals surface area contributed by atoms with Crippen molar-refractivity contribution in [3.05, 3.63) is 0 Å². The van der Waals surface area contributed by atoms with Crippen LogP contribution in [0, 0.1) is 0 Å².